The van der Waals surface area contributed by atoms with E-state index in [1.165, 1.54) is 6.07 Å². The molecule has 0 fully saturated rings. The fourth-order valence-electron chi connectivity index (χ4n) is 1.70. The van der Waals surface area contributed by atoms with Crippen LogP contribution in [0.2, 0.25) is 0 Å². The van der Waals surface area contributed by atoms with Crippen molar-refractivity contribution in [3.05, 3.63) is 35.1 Å². The molecule has 0 saturated heterocycles. The minimum Gasteiger partial charge on any atom is -0.382 e. The van der Waals surface area contributed by atoms with E-state index < -0.39 is 0 Å². The van der Waals surface area contributed by atoms with E-state index in [2.05, 4.69) is 5.43 Å². The summed E-state index contributed by atoms with van der Waals surface area (Å²) in [5, 5.41) is 0. The van der Waals surface area contributed by atoms with Gasteiger partial charge in [-0.05, 0) is 19.4 Å². The molecule has 0 saturated carbocycles. The summed E-state index contributed by atoms with van der Waals surface area (Å²) < 4.78 is 23.9. The van der Waals surface area contributed by atoms with Crippen molar-refractivity contribution in [2.45, 2.75) is 19.4 Å². The maximum Gasteiger partial charge on any atom is 0.128 e. The molecule has 0 aliphatic carbocycles. The van der Waals surface area contributed by atoms with Gasteiger partial charge in [-0.2, -0.15) is 0 Å². The second-order valence-electron chi connectivity index (χ2n) is 4.14. The number of aryl methyl sites for hydroxylation is 1. The van der Waals surface area contributed by atoms with Crippen LogP contribution in [-0.4, -0.2) is 26.9 Å². The number of hydrogen-bond donors (Lipinski definition) is 2. The van der Waals surface area contributed by atoms with Crippen molar-refractivity contribution in [1.82, 2.24) is 5.43 Å². The first-order chi connectivity index (χ1) is 8.69. The number of nitrogens with two attached hydrogens (primary N) is 1. The number of rotatable bonds is 8. The lowest BCUT2D eigenvalue weighted by Gasteiger charge is -2.17. The Morgan fingerprint density at radius 2 is 2.11 bits per heavy atom. The molecule has 0 aliphatic heterocycles. The summed E-state index contributed by atoms with van der Waals surface area (Å²) in [4.78, 5) is 0. The molecule has 1 aromatic rings. The van der Waals surface area contributed by atoms with Gasteiger partial charge in [0.05, 0.1) is 19.3 Å². The number of hydrazine groups is 1. The van der Waals surface area contributed by atoms with E-state index in [0.29, 0.717) is 31.8 Å². The van der Waals surface area contributed by atoms with Crippen LogP contribution >= 0.6 is 0 Å². The Kier molecular flexibility index (Phi) is 6.82. The molecule has 0 amide bonds. The number of hydrogen-bond acceptors (Lipinski definition) is 4. The van der Waals surface area contributed by atoms with Gasteiger partial charge < -0.3 is 9.47 Å². The molecule has 102 valence electrons. The largest absolute Gasteiger partial charge is 0.382 e. The fraction of sp³-hybridized carbons (Fsp3) is 0.538. The van der Waals surface area contributed by atoms with Gasteiger partial charge in [0, 0.05) is 19.3 Å². The number of benzene rings is 1. The van der Waals surface area contributed by atoms with Crippen LogP contribution in [0.25, 0.3) is 0 Å². The number of halogens is 1. The Hall–Kier alpha value is -1.01. The van der Waals surface area contributed by atoms with Gasteiger partial charge in [-0.3, -0.25) is 11.3 Å². The fourth-order valence-corrected chi connectivity index (χ4v) is 1.70. The molecule has 18 heavy (non-hydrogen) atoms. The first kappa shape index (κ1) is 15.0. The summed E-state index contributed by atoms with van der Waals surface area (Å²) in [6.07, 6.45) is 0.612. The highest BCUT2D eigenvalue weighted by Gasteiger charge is 2.14. The summed E-state index contributed by atoms with van der Waals surface area (Å²) in [6.45, 7) is 3.51. The lowest BCUT2D eigenvalue weighted by Crippen LogP contribution is -2.29. The van der Waals surface area contributed by atoms with E-state index in [0.717, 1.165) is 5.56 Å². The molecule has 0 heterocycles. The van der Waals surface area contributed by atoms with Crippen LogP contribution in [-0.2, 0) is 9.47 Å². The number of methoxy groups -OCH3 is 1. The van der Waals surface area contributed by atoms with Crippen LogP contribution in [0, 0.1) is 12.7 Å². The zero-order chi connectivity index (χ0) is 13.4. The van der Waals surface area contributed by atoms with Crippen LogP contribution in [0.1, 0.15) is 23.6 Å². The van der Waals surface area contributed by atoms with Gasteiger partial charge in [0.15, 0.2) is 0 Å². The normalized spacial score (nSPS) is 12.7. The van der Waals surface area contributed by atoms with Crippen molar-refractivity contribution in [1.29, 1.82) is 0 Å². The topological polar surface area (TPSA) is 56.5 Å². The van der Waals surface area contributed by atoms with Crippen LogP contribution in [0.5, 0.6) is 0 Å². The molecule has 4 nitrogen and oxygen atoms in total. The van der Waals surface area contributed by atoms with E-state index in [-0.39, 0.29) is 11.9 Å². The highest BCUT2D eigenvalue weighted by Crippen LogP contribution is 2.20. The first-order valence-corrected chi connectivity index (χ1v) is 5.98. The van der Waals surface area contributed by atoms with Crippen LogP contribution in [0.15, 0.2) is 18.2 Å². The Morgan fingerprint density at radius 1 is 1.33 bits per heavy atom. The van der Waals surface area contributed by atoms with Crippen LogP contribution in [0.4, 0.5) is 4.39 Å². The highest BCUT2D eigenvalue weighted by atomic mass is 19.1. The van der Waals surface area contributed by atoms with Crippen molar-refractivity contribution in [3.8, 4) is 0 Å². The Morgan fingerprint density at radius 3 is 2.78 bits per heavy atom. The molecule has 5 heteroatoms. The molecule has 0 bridgehead atoms. The molecule has 1 atom stereocenters. The summed E-state index contributed by atoms with van der Waals surface area (Å²) in [6, 6.07) is 4.75. The molecule has 0 aliphatic rings. The third-order valence-electron chi connectivity index (χ3n) is 2.71. The molecular weight excluding hydrogens is 235 g/mol. The molecule has 0 spiro atoms. The van der Waals surface area contributed by atoms with Gasteiger partial charge >= 0.3 is 0 Å². The van der Waals surface area contributed by atoms with Crippen LogP contribution in [0.3, 0.4) is 0 Å². The summed E-state index contributed by atoms with van der Waals surface area (Å²) >= 11 is 0. The van der Waals surface area contributed by atoms with E-state index in [9.17, 15) is 4.39 Å². The second kappa shape index (κ2) is 8.16. The molecule has 1 unspecified atom stereocenters. The average Bonchev–Trinajstić information content (AvgIpc) is 2.37. The quantitative estimate of drug-likeness (QED) is 0.422. The van der Waals surface area contributed by atoms with Gasteiger partial charge in [0.1, 0.15) is 5.82 Å². The van der Waals surface area contributed by atoms with E-state index in [1.54, 1.807) is 19.2 Å². The highest BCUT2D eigenvalue weighted by molar-refractivity contribution is 5.26. The van der Waals surface area contributed by atoms with Gasteiger partial charge in [-0.25, -0.2) is 4.39 Å². The third-order valence-corrected chi connectivity index (χ3v) is 2.71. The number of ether oxygens (including phenoxy) is 2. The monoisotopic (exact) mass is 256 g/mol. The standard InChI is InChI=1S/C13H21FN2O2/c1-10-3-4-12(14)11(9-10)13(16-15)5-6-18-8-7-17-2/h3-4,9,13,16H,5-8,15H2,1-2H3. The van der Waals surface area contributed by atoms with Gasteiger partial charge in [-0.15, -0.1) is 0 Å². The minimum absolute atomic E-state index is 0.243. The van der Waals surface area contributed by atoms with Crippen molar-refractivity contribution in [3.63, 3.8) is 0 Å². The zero-order valence-corrected chi connectivity index (χ0v) is 10.9. The Labute approximate surface area is 107 Å². The van der Waals surface area contributed by atoms with Gasteiger partial charge in [0.2, 0.25) is 0 Å². The predicted molar refractivity (Wildman–Crippen MR) is 68.5 cm³/mol. The molecule has 3 N–H and O–H groups in total. The molecule has 1 aromatic carbocycles. The van der Waals surface area contributed by atoms with E-state index in [4.69, 9.17) is 15.3 Å². The Bertz CT molecular complexity index is 361. The second-order valence-corrected chi connectivity index (χ2v) is 4.14. The lowest BCUT2D eigenvalue weighted by molar-refractivity contribution is 0.0656. The van der Waals surface area contributed by atoms with Crippen molar-refractivity contribution < 1.29 is 13.9 Å². The SMILES string of the molecule is COCCOCCC(NN)c1cc(C)ccc1F. The van der Waals surface area contributed by atoms with E-state index in [1.807, 2.05) is 6.92 Å². The Balaban J connectivity index is 2.52. The van der Waals surface area contributed by atoms with Gasteiger partial charge in [-0.1, -0.05) is 17.7 Å². The van der Waals surface area contributed by atoms with E-state index >= 15 is 0 Å². The molecule has 0 aromatic heterocycles. The van der Waals surface area contributed by atoms with Crippen LogP contribution < -0.4 is 11.3 Å². The van der Waals surface area contributed by atoms with Crippen molar-refractivity contribution in [2.24, 2.45) is 5.84 Å². The maximum atomic E-state index is 13.7. The molecule has 1 rings (SSSR count). The summed E-state index contributed by atoms with van der Waals surface area (Å²) in [7, 11) is 1.62. The number of nitrogens with one attached hydrogen (secondary N) is 1. The third kappa shape index (κ3) is 4.70. The van der Waals surface area contributed by atoms with Gasteiger partial charge in [0.25, 0.3) is 0 Å². The average molecular weight is 256 g/mol. The zero-order valence-electron chi connectivity index (χ0n) is 10.9. The molecular formula is C13H21FN2O2. The summed E-state index contributed by atoms with van der Waals surface area (Å²) in [5.74, 6) is 5.22. The minimum atomic E-state index is -0.250. The predicted octanol–water partition coefficient (Wildman–Crippen LogP) is 1.69. The smallest absolute Gasteiger partial charge is 0.128 e. The maximum absolute atomic E-state index is 13.7. The molecule has 0 radical (unpaired) electrons. The first-order valence-electron chi connectivity index (χ1n) is 5.98. The summed E-state index contributed by atoms with van der Waals surface area (Å²) in [5.41, 5.74) is 4.21. The lowest BCUT2D eigenvalue weighted by atomic mass is 10.0. The van der Waals surface area contributed by atoms with Crippen molar-refractivity contribution in [2.75, 3.05) is 26.9 Å². The van der Waals surface area contributed by atoms with Crippen molar-refractivity contribution >= 4 is 0 Å².